The molecule has 1 aromatic carbocycles. The SMILES string of the molecule is CNCc1ccc(Br)cc1N(C)C(C)CC(C)C. The molecule has 3 heteroatoms. The predicted octanol–water partition coefficient (Wildman–Crippen LogP) is 4.04. The van der Waals surface area contributed by atoms with E-state index in [0.717, 1.165) is 16.9 Å². The summed E-state index contributed by atoms with van der Waals surface area (Å²) in [6.45, 7) is 7.75. The number of benzene rings is 1. The Morgan fingerprint density at radius 2 is 1.94 bits per heavy atom. The van der Waals surface area contributed by atoms with Crippen molar-refractivity contribution in [1.82, 2.24) is 5.32 Å². The fourth-order valence-electron chi connectivity index (χ4n) is 2.28. The van der Waals surface area contributed by atoms with Gasteiger partial charge in [-0.15, -0.1) is 0 Å². The van der Waals surface area contributed by atoms with Crippen molar-refractivity contribution in [2.75, 3.05) is 19.0 Å². The number of anilines is 1. The van der Waals surface area contributed by atoms with E-state index in [1.807, 2.05) is 7.05 Å². The maximum absolute atomic E-state index is 3.57. The Kier molecular flexibility index (Phi) is 6.16. The lowest BCUT2D eigenvalue weighted by Crippen LogP contribution is -2.31. The lowest BCUT2D eigenvalue weighted by molar-refractivity contribution is 0.503. The molecule has 0 spiro atoms. The molecule has 0 fully saturated rings. The van der Waals surface area contributed by atoms with Crippen LogP contribution in [-0.4, -0.2) is 20.1 Å². The molecule has 1 rings (SSSR count). The minimum Gasteiger partial charge on any atom is -0.372 e. The van der Waals surface area contributed by atoms with Crippen LogP contribution in [0.15, 0.2) is 22.7 Å². The Balaban J connectivity index is 2.95. The van der Waals surface area contributed by atoms with Gasteiger partial charge in [-0.2, -0.15) is 0 Å². The Bertz CT molecular complexity index is 377. The quantitative estimate of drug-likeness (QED) is 0.853. The van der Waals surface area contributed by atoms with Crippen molar-refractivity contribution in [2.45, 2.75) is 39.8 Å². The zero-order chi connectivity index (χ0) is 13.7. The summed E-state index contributed by atoms with van der Waals surface area (Å²) in [6, 6.07) is 7.06. The van der Waals surface area contributed by atoms with Crippen LogP contribution in [0.5, 0.6) is 0 Å². The third kappa shape index (κ3) is 4.29. The van der Waals surface area contributed by atoms with E-state index in [2.05, 4.69) is 72.2 Å². The average Bonchev–Trinajstić information content (AvgIpc) is 2.30. The maximum atomic E-state index is 3.57. The molecule has 0 bridgehead atoms. The van der Waals surface area contributed by atoms with E-state index in [1.165, 1.54) is 17.7 Å². The first-order valence-corrected chi connectivity index (χ1v) is 7.40. The van der Waals surface area contributed by atoms with Crippen LogP contribution >= 0.6 is 15.9 Å². The zero-order valence-electron chi connectivity index (χ0n) is 12.1. The summed E-state index contributed by atoms with van der Waals surface area (Å²) in [5.41, 5.74) is 2.66. The lowest BCUT2D eigenvalue weighted by atomic mass is 10.0. The molecule has 2 nitrogen and oxygen atoms in total. The summed E-state index contributed by atoms with van der Waals surface area (Å²) in [5.74, 6) is 0.724. The van der Waals surface area contributed by atoms with E-state index in [1.54, 1.807) is 0 Å². The predicted molar refractivity (Wildman–Crippen MR) is 84.2 cm³/mol. The van der Waals surface area contributed by atoms with E-state index < -0.39 is 0 Å². The summed E-state index contributed by atoms with van der Waals surface area (Å²) in [4.78, 5) is 2.39. The topological polar surface area (TPSA) is 15.3 Å². The second-order valence-electron chi connectivity index (χ2n) is 5.39. The summed E-state index contributed by atoms with van der Waals surface area (Å²) in [5, 5.41) is 3.24. The second kappa shape index (κ2) is 7.15. The third-order valence-corrected chi connectivity index (χ3v) is 3.76. The van der Waals surface area contributed by atoms with Crippen LogP contribution in [0.3, 0.4) is 0 Å². The van der Waals surface area contributed by atoms with Gasteiger partial charge >= 0.3 is 0 Å². The highest BCUT2D eigenvalue weighted by Gasteiger charge is 2.15. The van der Waals surface area contributed by atoms with E-state index >= 15 is 0 Å². The van der Waals surface area contributed by atoms with Crippen LogP contribution in [0.4, 0.5) is 5.69 Å². The molecule has 0 saturated heterocycles. The number of hydrogen-bond acceptors (Lipinski definition) is 2. The normalized spacial score (nSPS) is 12.8. The molecule has 1 unspecified atom stereocenters. The molecule has 0 amide bonds. The van der Waals surface area contributed by atoms with E-state index in [-0.39, 0.29) is 0 Å². The highest BCUT2D eigenvalue weighted by Crippen LogP contribution is 2.27. The van der Waals surface area contributed by atoms with E-state index in [0.29, 0.717) is 6.04 Å². The van der Waals surface area contributed by atoms with Crippen LogP contribution in [-0.2, 0) is 6.54 Å². The molecule has 1 N–H and O–H groups in total. The molecule has 0 aliphatic rings. The number of nitrogens with zero attached hydrogens (tertiary/aromatic N) is 1. The van der Waals surface area contributed by atoms with Gasteiger partial charge in [-0.3, -0.25) is 0 Å². The second-order valence-corrected chi connectivity index (χ2v) is 6.31. The van der Waals surface area contributed by atoms with Gasteiger partial charge in [0.15, 0.2) is 0 Å². The highest BCUT2D eigenvalue weighted by molar-refractivity contribution is 9.10. The molecule has 1 atom stereocenters. The lowest BCUT2D eigenvalue weighted by Gasteiger charge is -2.30. The van der Waals surface area contributed by atoms with Crippen LogP contribution in [0, 0.1) is 5.92 Å². The molecule has 18 heavy (non-hydrogen) atoms. The summed E-state index contributed by atoms with van der Waals surface area (Å²) < 4.78 is 1.14. The highest BCUT2D eigenvalue weighted by atomic mass is 79.9. The van der Waals surface area contributed by atoms with Gasteiger partial charge < -0.3 is 10.2 Å². The van der Waals surface area contributed by atoms with Crippen LogP contribution in [0.2, 0.25) is 0 Å². The van der Waals surface area contributed by atoms with Crippen molar-refractivity contribution >= 4 is 21.6 Å². The number of hydrogen-bond donors (Lipinski definition) is 1. The molecule has 1 aromatic rings. The van der Waals surface area contributed by atoms with Gasteiger partial charge in [0, 0.05) is 29.8 Å². The molecule has 0 aliphatic carbocycles. The monoisotopic (exact) mass is 312 g/mol. The Hall–Kier alpha value is -0.540. The standard InChI is InChI=1S/C15H25BrN2/c1-11(2)8-12(3)18(5)15-9-14(16)7-6-13(15)10-17-4/h6-7,9,11-12,17H,8,10H2,1-5H3. The van der Waals surface area contributed by atoms with Crippen molar-refractivity contribution in [3.63, 3.8) is 0 Å². The average molecular weight is 313 g/mol. The minimum absolute atomic E-state index is 0.551. The van der Waals surface area contributed by atoms with E-state index in [9.17, 15) is 0 Å². The maximum Gasteiger partial charge on any atom is 0.0422 e. The van der Waals surface area contributed by atoms with Gasteiger partial charge in [0.1, 0.15) is 0 Å². The largest absolute Gasteiger partial charge is 0.372 e. The van der Waals surface area contributed by atoms with Gasteiger partial charge in [0.2, 0.25) is 0 Å². The number of halogens is 1. The van der Waals surface area contributed by atoms with Crippen LogP contribution < -0.4 is 10.2 Å². The summed E-state index contributed by atoms with van der Waals surface area (Å²) in [6.07, 6.45) is 1.21. The smallest absolute Gasteiger partial charge is 0.0422 e. The molecule has 0 aromatic heterocycles. The molecular weight excluding hydrogens is 288 g/mol. The van der Waals surface area contributed by atoms with Crippen LogP contribution in [0.1, 0.15) is 32.8 Å². The van der Waals surface area contributed by atoms with Gasteiger partial charge in [0.05, 0.1) is 0 Å². The molecule has 0 aliphatic heterocycles. The Morgan fingerprint density at radius 3 is 2.50 bits per heavy atom. The summed E-state index contributed by atoms with van der Waals surface area (Å²) in [7, 11) is 4.18. The zero-order valence-corrected chi connectivity index (χ0v) is 13.7. The van der Waals surface area contributed by atoms with Crippen LogP contribution in [0.25, 0.3) is 0 Å². The third-order valence-electron chi connectivity index (χ3n) is 3.27. The van der Waals surface area contributed by atoms with Gasteiger partial charge in [-0.25, -0.2) is 0 Å². The number of rotatable bonds is 6. The van der Waals surface area contributed by atoms with Crippen molar-refractivity contribution in [3.8, 4) is 0 Å². The molecule has 0 heterocycles. The van der Waals surface area contributed by atoms with E-state index in [4.69, 9.17) is 0 Å². The minimum atomic E-state index is 0.551. The van der Waals surface area contributed by atoms with Crippen molar-refractivity contribution in [3.05, 3.63) is 28.2 Å². The Labute approximate surface area is 120 Å². The van der Waals surface area contributed by atoms with Gasteiger partial charge in [0.25, 0.3) is 0 Å². The Morgan fingerprint density at radius 1 is 1.28 bits per heavy atom. The molecular formula is C15H25BrN2. The van der Waals surface area contributed by atoms with Crippen molar-refractivity contribution in [2.24, 2.45) is 5.92 Å². The fourth-order valence-corrected chi connectivity index (χ4v) is 2.63. The van der Waals surface area contributed by atoms with Crippen molar-refractivity contribution < 1.29 is 0 Å². The summed E-state index contributed by atoms with van der Waals surface area (Å²) >= 11 is 3.57. The first kappa shape index (κ1) is 15.5. The number of nitrogens with one attached hydrogen (secondary N) is 1. The first-order chi connectivity index (χ1) is 8.45. The first-order valence-electron chi connectivity index (χ1n) is 6.61. The fraction of sp³-hybridized carbons (Fsp3) is 0.600. The van der Waals surface area contributed by atoms with Gasteiger partial charge in [-0.1, -0.05) is 35.8 Å². The van der Waals surface area contributed by atoms with Crippen molar-refractivity contribution in [1.29, 1.82) is 0 Å². The molecule has 102 valence electrons. The molecule has 0 saturated carbocycles. The van der Waals surface area contributed by atoms with Gasteiger partial charge in [-0.05, 0) is 44.0 Å². The molecule has 0 radical (unpaired) electrons.